The molecule has 1 unspecified atom stereocenters. The van der Waals surface area contributed by atoms with Crippen LogP contribution in [0, 0.1) is 5.82 Å². The number of fused-ring (bicyclic) bond motifs is 1. The van der Waals surface area contributed by atoms with Gasteiger partial charge in [0.15, 0.2) is 27.4 Å². The molecular formula is C18H19FN2O5S. The van der Waals surface area contributed by atoms with Crippen LogP contribution >= 0.6 is 0 Å². The standard InChI is InChI=1S/C18H19FN2O5S/c19-14-5-1-4-8-17(14)27(23,24)10-9-20-18(22)21-11-13-12-25-15-6-2-3-7-16(15)26-13/h1-8,13H,9-12H2,(H2,20,21,22). The fourth-order valence-corrected chi connectivity index (χ4v) is 3.78. The van der Waals surface area contributed by atoms with Crippen molar-refractivity contribution in [1.29, 1.82) is 0 Å². The number of halogens is 1. The second kappa shape index (κ2) is 8.26. The van der Waals surface area contributed by atoms with E-state index in [9.17, 15) is 17.6 Å². The van der Waals surface area contributed by atoms with E-state index in [2.05, 4.69) is 10.6 Å². The minimum absolute atomic E-state index is 0.145. The first kappa shape index (κ1) is 19.0. The summed E-state index contributed by atoms with van der Waals surface area (Å²) in [7, 11) is -3.82. The fourth-order valence-electron chi connectivity index (χ4n) is 2.54. The van der Waals surface area contributed by atoms with Crippen LogP contribution in [0.4, 0.5) is 9.18 Å². The molecule has 2 N–H and O–H groups in total. The number of benzene rings is 2. The van der Waals surface area contributed by atoms with E-state index in [-0.39, 0.29) is 24.1 Å². The van der Waals surface area contributed by atoms with E-state index < -0.39 is 27.4 Å². The van der Waals surface area contributed by atoms with Crippen LogP contribution in [-0.4, -0.2) is 46.0 Å². The van der Waals surface area contributed by atoms with Gasteiger partial charge in [0.05, 0.1) is 12.3 Å². The second-order valence-electron chi connectivity index (χ2n) is 5.88. The van der Waals surface area contributed by atoms with Gasteiger partial charge in [-0.15, -0.1) is 0 Å². The summed E-state index contributed by atoms with van der Waals surface area (Å²) < 4.78 is 49.1. The van der Waals surface area contributed by atoms with Gasteiger partial charge in [-0.05, 0) is 24.3 Å². The topological polar surface area (TPSA) is 93.7 Å². The Balaban J connectivity index is 1.42. The average molecular weight is 394 g/mol. The number of hydrogen-bond acceptors (Lipinski definition) is 5. The zero-order chi connectivity index (χ0) is 19.3. The second-order valence-corrected chi connectivity index (χ2v) is 7.96. The Morgan fingerprint density at radius 3 is 2.56 bits per heavy atom. The van der Waals surface area contributed by atoms with Gasteiger partial charge in [-0.25, -0.2) is 17.6 Å². The number of hydrogen-bond donors (Lipinski definition) is 2. The van der Waals surface area contributed by atoms with Gasteiger partial charge in [-0.2, -0.15) is 0 Å². The number of para-hydroxylation sites is 2. The Hall–Kier alpha value is -2.81. The zero-order valence-corrected chi connectivity index (χ0v) is 15.2. The molecule has 0 bridgehead atoms. The average Bonchev–Trinajstić information content (AvgIpc) is 2.66. The number of urea groups is 1. The normalized spacial score (nSPS) is 15.8. The third-order valence-corrected chi connectivity index (χ3v) is 5.63. The molecular weight excluding hydrogens is 375 g/mol. The van der Waals surface area contributed by atoms with Gasteiger partial charge < -0.3 is 20.1 Å². The van der Waals surface area contributed by atoms with Crippen LogP contribution in [-0.2, 0) is 9.84 Å². The van der Waals surface area contributed by atoms with Crippen LogP contribution in [0.5, 0.6) is 11.5 Å². The van der Waals surface area contributed by atoms with E-state index in [1.807, 2.05) is 12.1 Å². The third kappa shape index (κ3) is 4.88. The number of sulfone groups is 1. The monoisotopic (exact) mass is 394 g/mol. The molecule has 1 aliphatic heterocycles. The number of carbonyl (C=O) groups is 1. The quantitative estimate of drug-likeness (QED) is 0.778. The van der Waals surface area contributed by atoms with Crippen molar-refractivity contribution in [2.24, 2.45) is 0 Å². The van der Waals surface area contributed by atoms with Gasteiger partial charge in [0.25, 0.3) is 0 Å². The minimum atomic E-state index is -3.82. The van der Waals surface area contributed by atoms with Gasteiger partial charge in [0.1, 0.15) is 17.3 Å². The molecule has 9 heteroatoms. The molecule has 27 heavy (non-hydrogen) atoms. The number of rotatable bonds is 6. The summed E-state index contributed by atoms with van der Waals surface area (Å²) in [6.07, 6.45) is -0.354. The van der Waals surface area contributed by atoms with Crippen molar-refractivity contribution in [1.82, 2.24) is 10.6 Å². The van der Waals surface area contributed by atoms with Crippen molar-refractivity contribution < 1.29 is 27.1 Å². The molecule has 0 aliphatic carbocycles. The highest BCUT2D eigenvalue weighted by Gasteiger charge is 2.22. The third-order valence-electron chi connectivity index (χ3n) is 3.89. The Labute approximate surface area is 156 Å². The van der Waals surface area contributed by atoms with Gasteiger partial charge >= 0.3 is 6.03 Å². The van der Waals surface area contributed by atoms with Gasteiger partial charge in [0.2, 0.25) is 0 Å². The number of ether oxygens (including phenoxy) is 2. The van der Waals surface area contributed by atoms with Crippen molar-refractivity contribution in [2.45, 2.75) is 11.0 Å². The summed E-state index contributed by atoms with van der Waals surface area (Å²) in [5.41, 5.74) is 0. The lowest BCUT2D eigenvalue weighted by Crippen LogP contribution is -2.45. The highest BCUT2D eigenvalue weighted by atomic mass is 32.2. The van der Waals surface area contributed by atoms with E-state index in [0.717, 1.165) is 6.07 Å². The maximum Gasteiger partial charge on any atom is 0.314 e. The summed E-state index contributed by atoms with van der Waals surface area (Å²) in [6, 6.07) is 11.8. The van der Waals surface area contributed by atoms with E-state index in [1.54, 1.807) is 12.1 Å². The number of carbonyl (C=O) groups excluding carboxylic acids is 1. The molecule has 7 nitrogen and oxygen atoms in total. The molecule has 2 aromatic rings. The van der Waals surface area contributed by atoms with Crippen molar-refractivity contribution in [2.75, 3.05) is 25.4 Å². The Kier molecular flexibility index (Phi) is 5.80. The lowest BCUT2D eigenvalue weighted by atomic mass is 10.2. The summed E-state index contributed by atoms with van der Waals surface area (Å²) in [5, 5.41) is 5.04. The van der Waals surface area contributed by atoms with Crippen molar-refractivity contribution in [3.8, 4) is 11.5 Å². The smallest absolute Gasteiger partial charge is 0.314 e. The predicted molar refractivity (Wildman–Crippen MR) is 96.2 cm³/mol. The Bertz CT molecular complexity index is 919. The molecule has 0 aromatic heterocycles. The van der Waals surface area contributed by atoms with Crippen molar-refractivity contribution in [3.05, 3.63) is 54.3 Å². The minimum Gasteiger partial charge on any atom is -0.486 e. The molecule has 1 aliphatic rings. The molecule has 1 heterocycles. The SMILES string of the molecule is O=C(NCCS(=O)(=O)c1ccccc1F)NCC1COc2ccccc2O1. The maximum atomic E-state index is 13.6. The first-order chi connectivity index (χ1) is 13.0. The van der Waals surface area contributed by atoms with E-state index in [1.165, 1.54) is 18.2 Å². The maximum absolute atomic E-state index is 13.6. The molecule has 2 aromatic carbocycles. The fraction of sp³-hybridized carbons (Fsp3) is 0.278. The first-order valence-corrected chi connectivity index (χ1v) is 9.98. The van der Waals surface area contributed by atoms with Crippen LogP contribution < -0.4 is 20.1 Å². The molecule has 3 rings (SSSR count). The van der Waals surface area contributed by atoms with Gasteiger partial charge in [0, 0.05) is 6.54 Å². The lowest BCUT2D eigenvalue weighted by molar-refractivity contribution is 0.0918. The van der Waals surface area contributed by atoms with Gasteiger partial charge in [-0.1, -0.05) is 24.3 Å². The number of nitrogens with one attached hydrogen (secondary N) is 2. The van der Waals surface area contributed by atoms with E-state index >= 15 is 0 Å². The van der Waals surface area contributed by atoms with Crippen LogP contribution in [0.2, 0.25) is 0 Å². The molecule has 2 amide bonds. The van der Waals surface area contributed by atoms with Crippen LogP contribution in [0.1, 0.15) is 0 Å². The zero-order valence-electron chi connectivity index (χ0n) is 14.4. The summed E-state index contributed by atoms with van der Waals surface area (Å²) in [4.78, 5) is 11.5. The molecule has 1 atom stereocenters. The molecule has 0 fully saturated rings. The summed E-state index contributed by atoms with van der Waals surface area (Å²) in [6.45, 7) is 0.340. The molecule has 0 saturated carbocycles. The highest BCUT2D eigenvalue weighted by Crippen LogP contribution is 2.30. The van der Waals surface area contributed by atoms with Crippen LogP contribution in [0.3, 0.4) is 0 Å². The first-order valence-electron chi connectivity index (χ1n) is 8.33. The molecule has 0 saturated heterocycles. The highest BCUT2D eigenvalue weighted by molar-refractivity contribution is 7.91. The van der Waals surface area contributed by atoms with E-state index in [4.69, 9.17) is 9.47 Å². The largest absolute Gasteiger partial charge is 0.486 e. The summed E-state index contributed by atoms with van der Waals surface area (Å²) in [5.74, 6) is 0.0396. The molecule has 144 valence electrons. The predicted octanol–water partition coefficient (Wildman–Crippen LogP) is 1.74. The van der Waals surface area contributed by atoms with Crippen molar-refractivity contribution in [3.63, 3.8) is 0 Å². The van der Waals surface area contributed by atoms with E-state index in [0.29, 0.717) is 18.1 Å². The van der Waals surface area contributed by atoms with Crippen molar-refractivity contribution >= 4 is 15.9 Å². The van der Waals surface area contributed by atoms with Crippen LogP contribution in [0.25, 0.3) is 0 Å². The summed E-state index contributed by atoms with van der Waals surface area (Å²) >= 11 is 0. The molecule has 0 radical (unpaired) electrons. The Morgan fingerprint density at radius 2 is 1.78 bits per heavy atom. The van der Waals surface area contributed by atoms with Gasteiger partial charge in [-0.3, -0.25) is 0 Å². The molecule has 0 spiro atoms. The number of amides is 2. The lowest BCUT2D eigenvalue weighted by Gasteiger charge is -2.26. The Morgan fingerprint density at radius 1 is 1.07 bits per heavy atom. The van der Waals surface area contributed by atoms with Crippen LogP contribution in [0.15, 0.2) is 53.4 Å².